The molecule has 2 N–H and O–H groups in total. The number of carbonyl (C=O) groups is 3. The van der Waals surface area contributed by atoms with E-state index in [4.69, 9.17) is 0 Å². The van der Waals surface area contributed by atoms with E-state index >= 15 is 0 Å². The number of amides is 2. The first kappa shape index (κ1) is 22.7. The van der Waals surface area contributed by atoms with Gasteiger partial charge < -0.3 is 10.6 Å². The minimum atomic E-state index is -0.200. The SMILES string of the molecule is CCc1ccc(C(=O)CSc2nc(CC(=O)Nc3cccc(NC(C)=O)c3)cs2)cc1. The van der Waals surface area contributed by atoms with Crippen LogP contribution < -0.4 is 10.6 Å². The maximum Gasteiger partial charge on any atom is 0.230 e. The lowest BCUT2D eigenvalue weighted by atomic mass is 10.1. The molecule has 8 heteroatoms. The van der Waals surface area contributed by atoms with Gasteiger partial charge in [-0.15, -0.1) is 11.3 Å². The summed E-state index contributed by atoms with van der Waals surface area (Å²) in [4.78, 5) is 40.3. The Labute approximate surface area is 189 Å². The standard InChI is InChI=1S/C23H23N3O3S2/c1-3-16-7-9-17(10-8-16)21(28)14-31-23-26-20(13-30-23)12-22(29)25-19-6-4-5-18(11-19)24-15(2)27/h4-11,13H,3,12,14H2,1-2H3,(H,24,27)(H,25,29). The molecule has 0 aliphatic heterocycles. The van der Waals surface area contributed by atoms with Crippen LogP contribution >= 0.6 is 23.1 Å². The molecular weight excluding hydrogens is 430 g/mol. The summed E-state index contributed by atoms with van der Waals surface area (Å²) in [6, 6.07) is 14.6. The lowest BCUT2D eigenvalue weighted by Gasteiger charge is -2.07. The Morgan fingerprint density at radius 2 is 1.74 bits per heavy atom. The van der Waals surface area contributed by atoms with E-state index in [-0.39, 0.29) is 24.0 Å². The van der Waals surface area contributed by atoms with Crippen molar-refractivity contribution in [3.05, 3.63) is 70.7 Å². The van der Waals surface area contributed by atoms with Crippen LogP contribution in [0.15, 0.2) is 58.3 Å². The summed E-state index contributed by atoms with van der Waals surface area (Å²) >= 11 is 2.80. The predicted octanol–water partition coefficient (Wildman–Crippen LogP) is 4.82. The Bertz CT molecular complexity index is 1080. The van der Waals surface area contributed by atoms with Crippen LogP contribution in [0.1, 0.15) is 35.5 Å². The second kappa shape index (κ2) is 10.9. The van der Waals surface area contributed by atoms with Gasteiger partial charge in [-0.2, -0.15) is 0 Å². The first-order valence-corrected chi connectivity index (χ1v) is 11.7. The van der Waals surface area contributed by atoms with Crippen LogP contribution in [0, 0.1) is 0 Å². The second-order valence-corrected chi connectivity index (χ2v) is 8.93. The molecule has 0 unspecified atom stereocenters. The molecule has 0 bridgehead atoms. The van der Waals surface area contributed by atoms with Gasteiger partial charge in [0.15, 0.2) is 10.1 Å². The van der Waals surface area contributed by atoms with Crippen molar-refractivity contribution in [1.29, 1.82) is 0 Å². The number of ketones is 1. The minimum Gasteiger partial charge on any atom is -0.326 e. The van der Waals surface area contributed by atoms with Gasteiger partial charge in [0.1, 0.15) is 0 Å². The molecule has 0 atom stereocenters. The number of benzene rings is 2. The zero-order chi connectivity index (χ0) is 22.2. The van der Waals surface area contributed by atoms with Gasteiger partial charge in [-0.05, 0) is 30.2 Å². The van der Waals surface area contributed by atoms with Crippen molar-refractivity contribution in [3.63, 3.8) is 0 Å². The van der Waals surface area contributed by atoms with Crippen molar-refractivity contribution >= 4 is 52.1 Å². The van der Waals surface area contributed by atoms with Crippen molar-refractivity contribution in [1.82, 2.24) is 4.98 Å². The van der Waals surface area contributed by atoms with E-state index in [1.165, 1.54) is 35.6 Å². The molecule has 3 aromatic rings. The maximum absolute atomic E-state index is 12.4. The molecule has 0 saturated heterocycles. The van der Waals surface area contributed by atoms with E-state index in [2.05, 4.69) is 22.5 Å². The number of rotatable bonds is 9. The topological polar surface area (TPSA) is 88.2 Å². The van der Waals surface area contributed by atoms with Gasteiger partial charge in [0.2, 0.25) is 11.8 Å². The molecule has 31 heavy (non-hydrogen) atoms. The Kier molecular flexibility index (Phi) is 7.97. The molecule has 2 aromatic carbocycles. The zero-order valence-corrected chi connectivity index (χ0v) is 18.9. The molecule has 160 valence electrons. The lowest BCUT2D eigenvalue weighted by Crippen LogP contribution is -2.15. The molecule has 0 aliphatic carbocycles. The first-order chi connectivity index (χ1) is 14.9. The highest BCUT2D eigenvalue weighted by Crippen LogP contribution is 2.24. The fourth-order valence-electron chi connectivity index (χ4n) is 2.82. The van der Waals surface area contributed by atoms with Crippen LogP contribution in [0.4, 0.5) is 11.4 Å². The summed E-state index contributed by atoms with van der Waals surface area (Å²) in [7, 11) is 0. The summed E-state index contributed by atoms with van der Waals surface area (Å²) in [5.41, 5.74) is 3.77. The Balaban J connectivity index is 1.50. The largest absolute Gasteiger partial charge is 0.326 e. The van der Waals surface area contributed by atoms with Crippen LogP contribution in [-0.2, 0) is 22.4 Å². The smallest absolute Gasteiger partial charge is 0.230 e. The van der Waals surface area contributed by atoms with Gasteiger partial charge >= 0.3 is 0 Å². The number of nitrogens with zero attached hydrogens (tertiary/aromatic N) is 1. The lowest BCUT2D eigenvalue weighted by molar-refractivity contribution is -0.116. The van der Waals surface area contributed by atoms with E-state index in [9.17, 15) is 14.4 Å². The predicted molar refractivity (Wildman–Crippen MR) is 126 cm³/mol. The van der Waals surface area contributed by atoms with Crippen molar-refractivity contribution in [2.75, 3.05) is 16.4 Å². The summed E-state index contributed by atoms with van der Waals surface area (Å²) in [6.45, 7) is 3.51. The van der Waals surface area contributed by atoms with Gasteiger partial charge in [0.25, 0.3) is 0 Å². The number of hydrogen-bond donors (Lipinski definition) is 2. The normalized spacial score (nSPS) is 10.5. The van der Waals surface area contributed by atoms with Crippen LogP contribution in [0.25, 0.3) is 0 Å². The molecule has 0 spiro atoms. The highest BCUT2D eigenvalue weighted by Gasteiger charge is 2.12. The van der Waals surface area contributed by atoms with E-state index in [0.717, 1.165) is 10.8 Å². The number of aryl methyl sites for hydroxylation is 1. The third-order valence-electron chi connectivity index (χ3n) is 4.35. The van der Waals surface area contributed by atoms with Crippen LogP contribution in [0.2, 0.25) is 0 Å². The highest BCUT2D eigenvalue weighted by atomic mass is 32.2. The Morgan fingerprint density at radius 1 is 1.03 bits per heavy atom. The molecule has 6 nitrogen and oxygen atoms in total. The third-order valence-corrected chi connectivity index (χ3v) is 6.42. The number of thioether (sulfide) groups is 1. The van der Waals surface area contributed by atoms with Gasteiger partial charge in [-0.25, -0.2) is 4.98 Å². The Morgan fingerprint density at radius 3 is 2.42 bits per heavy atom. The van der Waals surface area contributed by atoms with Crippen molar-refractivity contribution in [2.45, 2.75) is 31.0 Å². The van der Waals surface area contributed by atoms with Gasteiger partial charge in [-0.3, -0.25) is 14.4 Å². The summed E-state index contributed by atoms with van der Waals surface area (Å²) in [5, 5.41) is 7.32. The van der Waals surface area contributed by atoms with Gasteiger partial charge in [0, 0.05) is 29.2 Å². The highest BCUT2D eigenvalue weighted by molar-refractivity contribution is 8.01. The first-order valence-electron chi connectivity index (χ1n) is 9.79. The average Bonchev–Trinajstić information content (AvgIpc) is 3.19. The fourth-order valence-corrected chi connectivity index (χ4v) is 4.56. The van der Waals surface area contributed by atoms with E-state index in [1.54, 1.807) is 24.3 Å². The molecule has 1 aromatic heterocycles. The molecule has 3 rings (SSSR count). The maximum atomic E-state index is 12.4. The monoisotopic (exact) mass is 453 g/mol. The summed E-state index contributed by atoms with van der Waals surface area (Å²) in [5.74, 6) is -0.0110. The molecule has 0 radical (unpaired) electrons. The number of anilines is 2. The fraction of sp³-hybridized carbons (Fsp3) is 0.217. The average molecular weight is 454 g/mol. The number of aromatic nitrogens is 1. The van der Waals surface area contributed by atoms with E-state index in [0.29, 0.717) is 28.4 Å². The molecule has 0 saturated carbocycles. The number of Topliss-reactive ketones (excluding diaryl/α,β-unsaturated/α-hetero) is 1. The van der Waals surface area contributed by atoms with Gasteiger partial charge in [0.05, 0.1) is 17.9 Å². The van der Waals surface area contributed by atoms with Crippen molar-refractivity contribution in [3.8, 4) is 0 Å². The molecular formula is C23H23N3O3S2. The van der Waals surface area contributed by atoms with E-state index in [1.807, 2.05) is 29.6 Å². The number of thiazole rings is 1. The van der Waals surface area contributed by atoms with Crippen LogP contribution in [0.5, 0.6) is 0 Å². The minimum absolute atomic E-state index is 0.0567. The zero-order valence-electron chi connectivity index (χ0n) is 17.3. The Hall–Kier alpha value is -2.97. The summed E-state index contributed by atoms with van der Waals surface area (Å²) < 4.78 is 0.758. The van der Waals surface area contributed by atoms with Crippen molar-refractivity contribution < 1.29 is 14.4 Å². The summed E-state index contributed by atoms with van der Waals surface area (Å²) in [6.07, 6.45) is 1.08. The number of nitrogens with one attached hydrogen (secondary N) is 2. The number of hydrogen-bond acceptors (Lipinski definition) is 6. The van der Waals surface area contributed by atoms with Crippen LogP contribution in [0.3, 0.4) is 0 Å². The van der Waals surface area contributed by atoms with E-state index < -0.39 is 0 Å². The molecule has 1 heterocycles. The van der Waals surface area contributed by atoms with Crippen molar-refractivity contribution in [2.24, 2.45) is 0 Å². The van der Waals surface area contributed by atoms with Crippen LogP contribution in [-0.4, -0.2) is 28.3 Å². The number of carbonyl (C=O) groups excluding carboxylic acids is 3. The van der Waals surface area contributed by atoms with Gasteiger partial charge in [-0.1, -0.05) is 49.0 Å². The third kappa shape index (κ3) is 7.04. The second-order valence-electron chi connectivity index (χ2n) is 6.85. The quantitative estimate of drug-likeness (QED) is 0.358. The molecule has 0 fully saturated rings. The molecule has 2 amide bonds. The molecule has 0 aliphatic rings.